The summed E-state index contributed by atoms with van der Waals surface area (Å²) in [6.07, 6.45) is 15.7. The summed E-state index contributed by atoms with van der Waals surface area (Å²) in [5.74, 6) is -0.0383. The number of rotatable bonds is 11. The Morgan fingerprint density at radius 3 is 2.70 bits per heavy atom. The zero-order chi connectivity index (χ0) is 25.5. The molecule has 0 saturated heterocycles. The van der Waals surface area contributed by atoms with Gasteiger partial charge in [-0.3, -0.25) is 9.78 Å². The lowest BCUT2D eigenvalue weighted by Gasteiger charge is -2.22. The molecule has 0 fully saturated rings. The van der Waals surface area contributed by atoms with Crippen molar-refractivity contribution in [2.45, 2.75) is 57.8 Å². The maximum Gasteiger partial charge on any atom is 0.244 e. The monoisotopic (exact) mass is 514 g/mol. The second-order valence-electron chi connectivity index (χ2n) is 9.89. The summed E-state index contributed by atoms with van der Waals surface area (Å²) < 4.78 is 0. The predicted molar refractivity (Wildman–Crippen MR) is 155 cm³/mol. The number of carbonyl (C=O) groups excluding carboxylic acids is 1. The van der Waals surface area contributed by atoms with Crippen LogP contribution in [0.5, 0.6) is 0 Å². The van der Waals surface area contributed by atoms with Gasteiger partial charge in [-0.25, -0.2) is 0 Å². The largest absolute Gasteiger partial charge is 0.384 e. The Hall–Kier alpha value is -3.31. The number of hydrogen-bond donors (Lipinski definition) is 3. The highest BCUT2D eigenvalue weighted by molar-refractivity contribution is 6.31. The molecule has 0 radical (unpaired) electrons. The molecule has 0 spiro atoms. The number of hydrogen-bond acceptors (Lipinski definition) is 3. The number of fused-ring (bicyclic) bond motifs is 3. The van der Waals surface area contributed by atoms with E-state index in [9.17, 15) is 4.79 Å². The number of nitrogens with zero attached hydrogens (tertiary/aromatic N) is 1. The summed E-state index contributed by atoms with van der Waals surface area (Å²) in [6, 6.07) is 14.1. The van der Waals surface area contributed by atoms with Crippen LogP contribution in [-0.2, 0) is 17.6 Å². The molecule has 0 unspecified atom stereocenters. The van der Waals surface area contributed by atoms with E-state index in [0.717, 1.165) is 65.7 Å². The minimum atomic E-state index is -0.0383. The first-order valence-corrected chi connectivity index (χ1v) is 13.9. The van der Waals surface area contributed by atoms with Gasteiger partial charge in [-0.05, 0) is 80.0 Å². The number of H-pyrrole nitrogens is 1. The molecule has 2 aromatic heterocycles. The highest BCUT2D eigenvalue weighted by atomic mass is 35.5. The molecule has 3 N–H and O–H groups in total. The van der Waals surface area contributed by atoms with Crippen molar-refractivity contribution in [3.8, 4) is 0 Å². The van der Waals surface area contributed by atoms with Gasteiger partial charge in [0.1, 0.15) is 0 Å². The van der Waals surface area contributed by atoms with Crippen molar-refractivity contribution in [1.82, 2.24) is 15.3 Å². The van der Waals surface area contributed by atoms with Crippen LogP contribution in [0.15, 0.2) is 54.7 Å². The lowest BCUT2D eigenvalue weighted by atomic mass is 9.92. The summed E-state index contributed by atoms with van der Waals surface area (Å²) in [6.45, 7) is 1.68. The third kappa shape index (κ3) is 6.34. The zero-order valence-electron chi connectivity index (χ0n) is 21.3. The number of aromatic amines is 1. The van der Waals surface area contributed by atoms with E-state index in [4.69, 9.17) is 16.6 Å². The van der Waals surface area contributed by atoms with E-state index in [1.807, 2.05) is 42.6 Å². The fraction of sp³-hybridized carbons (Fsp3) is 0.355. The summed E-state index contributed by atoms with van der Waals surface area (Å²) in [4.78, 5) is 20.3. The number of carbonyl (C=O) groups is 1. The van der Waals surface area contributed by atoms with Crippen molar-refractivity contribution < 1.29 is 4.79 Å². The lowest BCUT2D eigenvalue weighted by Crippen LogP contribution is -2.21. The predicted octanol–water partition coefficient (Wildman–Crippen LogP) is 7.44. The third-order valence-corrected chi connectivity index (χ3v) is 7.45. The second kappa shape index (κ2) is 12.3. The number of anilines is 1. The summed E-state index contributed by atoms with van der Waals surface area (Å²) in [5.41, 5.74) is 7.01. The smallest absolute Gasteiger partial charge is 0.244 e. The molecule has 5 nitrogen and oxygen atoms in total. The van der Waals surface area contributed by atoms with Crippen molar-refractivity contribution in [1.29, 1.82) is 0 Å². The summed E-state index contributed by atoms with van der Waals surface area (Å²) in [7, 11) is 0. The standard InChI is InChI=1S/C31H35ClN4O/c32-23-15-16-26-29(20-23)36-28-13-7-5-11-25(28)31(26)34-19-9-3-1-2-8-18-33-30(37)17-14-22-21-35-27-12-6-4-10-24(22)27/h4,6,10,12,14-17,20-21,35H,1-3,5,7-9,11,13,18-19H2,(H,33,37)(H,34,36)/b17-14-. The molecule has 0 saturated carbocycles. The van der Waals surface area contributed by atoms with E-state index in [-0.39, 0.29) is 5.91 Å². The SMILES string of the molecule is O=C(/C=C\c1c[nH]c2ccccc12)NCCCCCCCNc1c2c(nc3cc(Cl)ccc13)CCCC2. The van der Waals surface area contributed by atoms with Gasteiger partial charge >= 0.3 is 0 Å². The Kier molecular flexibility index (Phi) is 8.42. The van der Waals surface area contributed by atoms with Crippen LogP contribution in [0, 0.1) is 0 Å². The average molecular weight is 515 g/mol. The van der Waals surface area contributed by atoms with Gasteiger partial charge in [0, 0.05) is 58.1 Å². The fourth-order valence-corrected chi connectivity index (χ4v) is 5.43. The molecule has 2 heterocycles. The van der Waals surface area contributed by atoms with Gasteiger partial charge in [0.2, 0.25) is 5.91 Å². The molecular weight excluding hydrogens is 480 g/mol. The van der Waals surface area contributed by atoms with Gasteiger partial charge in [0.25, 0.3) is 0 Å². The van der Waals surface area contributed by atoms with Gasteiger partial charge in [-0.2, -0.15) is 0 Å². The number of pyridine rings is 1. The molecule has 192 valence electrons. The summed E-state index contributed by atoms with van der Waals surface area (Å²) >= 11 is 6.24. The Morgan fingerprint density at radius 2 is 1.78 bits per heavy atom. The minimum Gasteiger partial charge on any atom is -0.384 e. The first-order valence-electron chi connectivity index (χ1n) is 13.6. The molecule has 4 aromatic rings. The van der Waals surface area contributed by atoms with Crippen molar-refractivity contribution in [3.63, 3.8) is 0 Å². The molecule has 0 atom stereocenters. The topological polar surface area (TPSA) is 69.8 Å². The highest BCUT2D eigenvalue weighted by Gasteiger charge is 2.18. The lowest BCUT2D eigenvalue weighted by molar-refractivity contribution is -0.116. The molecule has 2 aromatic carbocycles. The normalized spacial score (nSPS) is 13.3. The zero-order valence-corrected chi connectivity index (χ0v) is 22.0. The van der Waals surface area contributed by atoms with Crippen molar-refractivity contribution in [3.05, 3.63) is 76.6 Å². The Labute approximate surface area is 223 Å². The van der Waals surface area contributed by atoms with Gasteiger partial charge in [-0.1, -0.05) is 49.1 Å². The summed E-state index contributed by atoms with van der Waals surface area (Å²) in [5, 5.41) is 9.79. The van der Waals surface area contributed by atoms with E-state index in [1.54, 1.807) is 6.08 Å². The fourth-order valence-electron chi connectivity index (χ4n) is 5.26. The number of nitrogens with one attached hydrogen (secondary N) is 3. The molecule has 5 rings (SSSR count). The number of aryl methyl sites for hydroxylation is 1. The van der Waals surface area contributed by atoms with Crippen molar-refractivity contribution in [2.75, 3.05) is 18.4 Å². The van der Waals surface area contributed by atoms with E-state index in [2.05, 4.69) is 27.8 Å². The molecule has 0 bridgehead atoms. The molecule has 6 heteroatoms. The van der Waals surface area contributed by atoms with Crippen molar-refractivity contribution in [2.24, 2.45) is 0 Å². The van der Waals surface area contributed by atoms with E-state index in [1.165, 1.54) is 48.0 Å². The molecule has 37 heavy (non-hydrogen) atoms. The quantitative estimate of drug-likeness (QED) is 0.144. The first kappa shape index (κ1) is 25.3. The molecule has 0 aliphatic heterocycles. The van der Waals surface area contributed by atoms with Crippen LogP contribution >= 0.6 is 11.6 Å². The van der Waals surface area contributed by atoms with Gasteiger partial charge in [-0.15, -0.1) is 0 Å². The van der Waals surface area contributed by atoms with Gasteiger partial charge < -0.3 is 15.6 Å². The van der Waals surface area contributed by atoms with Crippen LogP contribution in [-0.4, -0.2) is 29.0 Å². The maximum absolute atomic E-state index is 12.2. The molecule has 1 aliphatic rings. The number of halogens is 1. The second-order valence-corrected chi connectivity index (χ2v) is 10.3. The van der Waals surface area contributed by atoms with Crippen LogP contribution in [0.2, 0.25) is 5.02 Å². The van der Waals surface area contributed by atoms with Crippen LogP contribution < -0.4 is 10.6 Å². The Bertz CT molecular complexity index is 1410. The average Bonchev–Trinajstić information content (AvgIpc) is 3.33. The number of para-hydroxylation sites is 1. The van der Waals surface area contributed by atoms with Crippen LogP contribution in [0.1, 0.15) is 61.8 Å². The Morgan fingerprint density at radius 1 is 0.973 bits per heavy atom. The van der Waals surface area contributed by atoms with Crippen LogP contribution in [0.4, 0.5) is 5.69 Å². The number of aromatic nitrogens is 2. The molecule has 1 amide bonds. The number of amides is 1. The van der Waals surface area contributed by atoms with Gasteiger partial charge in [0.05, 0.1) is 5.52 Å². The minimum absolute atomic E-state index is 0.0383. The van der Waals surface area contributed by atoms with E-state index in [0.29, 0.717) is 6.54 Å². The highest BCUT2D eigenvalue weighted by Crippen LogP contribution is 2.34. The van der Waals surface area contributed by atoms with E-state index < -0.39 is 0 Å². The number of benzene rings is 2. The molecule has 1 aliphatic carbocycles. The van der Waals surface area contributed by atoms with Gasteiger partial charge in [0.15, 0.2) is 0 Å². The third-order valence-electron chi connectivity index (χ3n) is 7.22. The number of unbranched alkanes of at least 4 members (excludes halogenated alkanes) is 4. The van der Waals surface area contributed by atoms with Crippen molar-refractivity contribution >= 4 is 51.1 Å². The van der Waals surface area contributed by atoms with Crippen LogP contribution in [0.25, 0.3) is 27.9 Å². The molecular formula is C31H35ClN4O. The van der Waals surface area contributed by atoms with E-state index >= 15 is 0 Å². The first-order chi connectivity index (χ1) is 18.2. The maximum atomic E-state index is 12.2. The van der Waals surface area contributed by atoms with Crippen LogP contribution in [0.3, 0.4) is 0 Å². The Balaban J connectivity index is 1.01.